The van der Waals surface area contributed by atoms with Gasteiger partial charge in [0.1, 0.15) is 6.10 Å². The molecule has 1 aliphatic rings. The molecule has 2 heterocycles. The Morgan fingerprint density at radius 1 is 1.30 bits per heavy atom. The van der Waals surface area contributed by atoms with Crippen LogP contribution < -0.4 is 9.47 Å². The first-order valence-corrected chi connectivity index (χ1v) is 8.12. The topological polar surface area (TPSA) is 45.5 Å². The van der Waals surface area contributed by atoms with E-state index < -0.39 is 0 Å². The predicted octanol–water partition coefficient (Wildman–Crippen LogP) is 3.38. The minimum absolute atomic E-state index is 0.0970. The van der Waals surface area contributed by atoms with Crippen LogP contribution in [0.15, 0.2) is 30.5 Å². The van der Waals surface area contributed by atoms with Gasteiger partial charge in [-0.2, -0.15) is 5.10 Å². The SMILES string of the molecule is COc1ccc(-c2ccnn2CC(C)C)cc1O[C@@H]1CCOC1. The van der Waals surface area contributed by atoms with Crippen molar-refractivity contribution in [3.8, 4) is 22.8 Å². The zero-order valence-corrected chi connectivity index (χ0v) is 14.0. The summed E-state index contributed by atoms with van der Waals surface area (Å²) in [6.07, 6.45) is 2.85. The molecule has 5 heteroatoms. The number of methoxy groups -OCH3 is 1. The molecule has 1 aromatic carbocycles. The largest absolute Gasteiger partial charge is 0.493 e. The molecule has 0 aliphatic carbocycles. The number of benzene rings is 1. The van der Waals surface area contributed by atoms with Gasteiger partial charge in [0.25, 0.3) is 0 Å². The second kappa shape index (κ2) is 7.04. The number of hydrogen-bond acceptors (Lipinski definition) is 4. The van der Waals surface area contributed by atoms with Gasteiger partial charge in [-0.05, 0) is 30.2 Å². The van der Waals surface area contributed by atoms with E-state index in [9.17, 15) is 0 Å². The van der Waals surface area contributed by atoms with Crippen molar-refractivity contribution in [1.82, 2.24) is 9.78 Å². The summed E-state index contributed by atoms with van der Waals surface area (Å²) in [7, 11) is 1.66. The van der Waals surface area contributed by atoms with E-state index in [1.54, 1.807) is 7.11 Å². The van der Waals surface area contributed by atoms with E-state index in [0.29, 0.717) is 12.5 Å². The van der Waals surface area contributed by atoms with E-state index in [-0.39, 0.29) is 6.10 Å². The first-order chi connectivity index (χ1) is 11.2. The zero-order chi connectivity index (χ0) is 16.2. The number of aromatic nitrogens is 2. The molecule has 1 fully saturated rings. The maximum Gasteiger partial charge on any atom is 0.162 e. The van der Waals surface area contributed by atoms with Crippen LogP contribution in [-0.2, 0) is 11.3 Å². The molecule has 1 aliphatic heterocycles. The van der Waals surface area contributed by atoms with Gasteiger partial charge in [-0.15, -0.1) is 0 Å². The molecule has 0 saturated carbocycles. The number of hydrogen-bond donors (Lipinski definition) is 0. The van der Waals surface area contributed by atoms with Gasteiger partial charge in [0.05, 0.1) is 26.0 Å². The Balaban J connectivity index is 1.89. The Kier molecular flexibility index (Phi) is 4.86. The molecule has 5 nitrogen and oxygen atoms in total. The highest BCUT2D eigenvalue weighted by Crippen LogP contribution is 2.34. The molecule has 2 aromatic rings. The van der Waals surface area contributed by atoms with Crippen LogP contribution in [0.25, 0.3) is 11.3 Å². The van der Waals surface area contributed by atoms with Crippen molar-refractivity contribution >= 4 is 0 Å². The summed E-state index contributed by atoms with van der Waals surface area (Å²) < 4.78 is 18.9. The third-order valence-electron chi connectivity index (χ3n) is 3.90. The molecule has 0 radical (unpaired) electrons. The molecule has 0 unspecified atom stereocenters. The van der Waals surface area contributed by atoms with Crippen LogP contribution in [0.1, 0.15) is 20.3 Å². The molecule has 1 atom stereocenters. The first-order valence-electron chi connectivity index (χ1n) is 8.12. The molecule has 1 saturated heterocycles. The van der Waals surface area contributed by atoms with Crippen molar-refractivity contribution in [1.29, 1.82) is 0 Å². The standard InChI is InChI=1S/C18H24N2O3/c1-13(2)11-20-16(6-8-19-20)14-4-5-17(21-3)18(10-14)23-15-7-9-22-12-15/h4-6,8,10,13,15H,7,9,11-12H2,1-3H3/t15-/m1/s1. The van der Waals surface area contributed by atoms with Crippen molar-refractivity contribution in [3.63, 3.8) is 0 Å². The Hall–Kier alpha value is -2.01. The zero-order valence-electron chi connectivity index (χ0n) is 14.0. The Labute approximate surface area is 137 Å². The van der Waals surface area contributed by atoms with E-state index in [4.69, 9.17) is 14.2 Å². The van der Waals surface area contributed by atoms with E-state index in [0.717, 1.165) is 42.3 Å². The maximum atomic E-state index is 6.08. The lowest BCUT2D eigenvalue weighted by Crippen LogP contribution is -2.16. The molecular weight excluding hydrogens is 292 g/mol. The lowest BCUT2D eigenvalue weighted by Gasteiger charge is -2.17. The van der Waals surface area contributed by atoms with Gasteiger partial charge >= 0.3 is 0 Å². The summed E-state index contributed by atoms with van der Waals surface area (Å²) in [5, 5.41) is 4.43. The second-order valence-electron chi connectivity index (χ2n) is 6.26. The summed E-state index contributed by atoms with van der Waals surface area (Å²) in [5.74, 6) is 2.05. The average Bonchev–Trinajstić information content (AvgIpc) is 3.18. The number of rotatable bonds is 6. The highest BCUT2D eigenvalue weighted by Gasteiger charge is 2.20. The summed E-state index contributed by atoms with van der Waals surface area (Å²) in [5.41, 5.74) is 2.17. The average molecular weight is 316 g/mol. The van der Waals surface area contributed by atoms with Gasteiger partial charge in [0.15, 0.2) is 11.5 Å². The minimum Gasteiger partial charge on any atom is -0.493 e. The third kappa shape index (κ3) is 3.67. The van der Waals surface area contributed by atoms with Crippen molar-refractivity contribution in [2.45, 2.75) is 32.9 Å². The molecular formula is C18H24N2O3. The van der Waals surface area contributed by atoms with Crippen LogP contribution in [-0.4, -0.2) is 36.2 Å². The molecule has 0 spiro atoms. The van der Waals surface area contributed by atoms with E-state index in [2.05, 4.69) is 18.9 Å². The lowest BCUT2D eigenvalue weighted by molar-refractivity contribution is 0.138. The third-order valence-corrected chi connectivity index (χ3v) is 3.90. The summed E-state index contributed by atoms with van der Waals surface area (Å²) in [6, 6.07) is 8.06. The number of ether oxygens (including phenoxy) is 3. The molecule has 1 aromatic heterocycles. The molecule has 124 valence electrons. The Morgan fingerprint density at radius 2 is 2.17 bits per heavy atom. The van der Waals surface area contributed by atoms with Gasteiger partial charge in [-0.1, -0.05) is 13.8 Å². The highest BCUT2D eigenvalue weighted by molar-refractivity contribution is 5.64. The van der Waals surface area contributed by atoms with Crippen LogP contribution in [0.4, 0.5) is 0 Å². The molecule has 23 heavy (non-hydrogen) atoms. The van der Waals surface area contributed by atoms with Crippen molar-refractivity contribution < 1.29 is 14.2 Å². The minimum atomic E-state index is 0.0970. The Bertz CT molecular complexity index is 645. The van der Waals surface area contributed by atoms with Gasteiger partial charge in [-0.3, -0.25) is 4.68 Å². The van der Waals surface area contributed by atoms with Crippen LogP contribution in [0, 0.1) is 5.92 Å². The van der Waals surface area contributed by atoms with Gasteiger partial charge in [0.2, 0.25) is 0 Å². The van der Waals surface area contributed by atoms with Crippen LogP contribution in [0.2, 0.25) is 0 Å². The van der Waals surface area contributed by atoms with E-state index in [1.807, 2.05) is 35.1 Å². The van der Waals surface area contributed by atoms with Crippen LogP contribution in [0.5, 0.6) is 11.5 Å². The molecule has 0 amide bonds. The highest BCUT2D eigenvalue weighted by atomic mass is 16.6. The van der Waals surface area contributed by atoms with Crippen molar-refractivity contribution in [2.24, 2.45) is 5.92 Å². The second-order valence-corrected chi connectivity index (χ2v) is 6.26. The summed E-state index contributed by atoms with van der Waals surface area (Å²) in [6.45, 7) is 6.66. The van der Waals surface area contributed by atoms with E-state index in [1.165, 1.54) is 0 Å². The summed E-state index contributed by atoms with van der Waals surface area (Å²) >= 11 is 0. The first kappa shape index (κ1) is 15.9. The summed E-state index contributed by atoms with van der Waals surface area (Å²) in [4.78, 5) is 0. The normalized spacial score (nSPS) is 17.7. The van der Waals surface area contributed by atoms with Gasteiger partial charge in [-0.25, -0.2) is 0 Å². The van der Waals surface area contributed by atoms with Gasteiger partial charge in [0, 0.05) is 24.7 Å². The Morgan fingerprint density at radius 3 is 2.87 bits per heavy atom. The predicted molar refractivity (Wildman–Crippen MR) is 88.9 cm³/mol. The molecule has 3 rings (SSSR count). The lowest BCUT2D eigenvalue weighted by atomic mass is 10.1. The smallest absolute Gasteiger partial charge is 0.162 e. The van der Waals surface area contributed by atoms with Gasteiger partial charge < -0.3 is 14.2 Å². The van der Waals surface area contributed by atoms with E-state index >= 15 is 0 Å². The fourth-order valence-corrected chi connectivity index (χ4v) is 2.78. The molecule has 0 bridgehead atoms. The monoisotopic (exact) mass is 316 g/mol. The quantitative estimate of drug-likeness (QED) is 0.819. The van der Waals surface area contributed by atoms with Crippen molar-refractivity contribution in [3.05, 3.63) is 30.5 Å². The van der Waals surface area contributed by atoms with Crippen molar-refractivity contribution in [2.75, 3.05) is 20.3 Å². The van der Waals surface area contributed by atoms with Crippen LogP contribution in [0.3, 0.4) is 0 Å². The molecule has 0 N–H and O–H groups in total. The fraction of sp³-hybridized carbons (Fsp3) is 0.500. The van der Waals surface area contributed by atoms with Crippen LogP contribution >= 0.6 is 0 Å². The maximum absolute atomic E-state index is 6.08. The fourth-order valence-electron chi connectivity index (χ4n) is 2.78. The number of nitrogens with zero attached hydrogens (tertiary/aromatic N) is 2.